The summed E-state index contributed by atoms with van der Waals surface area (Å²) in [5, 5.41) is 5.62. The predicted molar refractivity (Wildman–Crippen MR) is 57.8 cm³/mol. The molecule has 0 fully saturated rings. The van der Waals surface area contributed by atoms with Crippen molar-refractivity contribution in [3.05, 3.63) is 28.4 Å². The molecule has 0 radical (unpaired) electrons. The average molecular weight is 239 g/mol. The number of aryl methyl sites for hydroxylation is 2. The second kappa shape index (κ2) is 3.14. The molecule has 2 nitrogen and oxygen atoms in total. The van der Waals surface area contributed by atoms with Gasteiger partial charge in [0.15, 0.2) is 0 Å². The van der Waals surface area contributed by atoms with E-state index in [1.807, 2.05) is 17.9 Å². The maximum Gasteiger partial charge on any atom is 0.0955 e. The van der Waals surface area contributed by atoms with E-state index < -0.39 is 0 Å². The van der Waals surface area contributed by atoms with E-state index in [4.69, 9.17) is 0 Å². The molecular formula is C10H11BrN2. The van der Waals surface area contributed by atoms with Crippen molar-refractivity contribution in [2.24, 2.45) is 7.05 Å². The number of halogens is 1. The van der Waals surface area contributed by atoms with Crippen LogP contribution in [-0.2, 0) is 13.5 Å². The zero-order chi connectivity index (χ0) is 9.42. The van der Waals surface area contributed by atoms with Crippen LogP contribution in [0.3, 0.4) is 0 Å². The van der Waals surface area contributed by atoms with E-state index in [9.17, 15) is 0 Å². The summed E-state index contributed by atoms with van der Waals surface area (Å²) < 4.78 is 2.99. The van der Waals surface area contributed by atoms with Crippen LogP contribution in [0.4, 0.5) is 0 Å². The van der Waals surface area contributed by atoms with Gasteiger partial charge in [-0.15, -0.1) is 0 Å². The molecule has 0 spiro atoms. The van der Waals surface area contributed by atoms with Gasteiger partial charge in [-0.2, -0.15) is 5.10 Å². The number of rotatable bonds is 1. The Kier molecular flexibility index (Phi) is 2.12. The first-order valence-electron chi connectivity index (χ1n) is 4.32. The quantitative estimate of drug-likeness (QED) is 0.748. The SMILES string of the molecule is CCc1cc(Br)cc2cn(C)nc12. The molecule has 0 unspecified atom stereocenters. The third-order valence-electron chi connectivity index (χ3n) is 2.15. The van der Waals surface area contributed by atoms with Crippen LogP contribution in [-0.4, -0.2) is 9.78 Å². The summed E-state index contributed by atoms with van der Waals surface area (Å²) in [4.78, 5) is 0. The average Bonchev–Trinajstić information content (AvgIpc) is 2.43. The van der Waals surface area contributed by atoms with Crippen LogP contribution in [0, 0.1) is 0 Å². The van der Waals surface area contributed by atoms with Crippen LogP contribution in [0.5, 0.6) is 0 Å². The van der Waals surface area contributed by atoms with E-state index in [-0.39, 0.29) is 0 Å². The Morgan fingerprint density at radius 2 is 2.23 bits per heavy atom. The summed E-state index contributed by atoms with van der Waals surface area (Å²) in [6, 6.07) is 4.23. The summed E-state index contributed by atoms with van der Waals surface area (Å²) in [7, 11) is 1.95. The van der Waals surface area contributed by atoms with E-state index in [0.717, 1.165) is 16.4 Å². The van der Waals surface area contributed by atoms with Crippen LogP contribution in [0.2, 0.25) is 0 Å². The molecule has 0 bridgehead atoms. The summed E-state index contributed by atoms with van der Waals surface area (Å²) >= 11 is 3.50. The van der Waals surface area contributed by atoms with Gasteiger partial charge in [0, 0.05) is 23.1 Å². The first kappa shape index (κ1) is 8.75. The molecule has 2 aromatic rings. The third-order valence-corrected chi connectivity index (χ3v) is 2.61. The lowest BCUT2D eigenvalue weighted by Crippen LogP contribution is -1.87. The van der Waals surface area contributed by atoms with Gasteiger partial charge >= 0.3 is 0 Å². The molecule has 0 amide bonds. The summed E-state index contributed by atoms with van der Waals surface area (Å²) in [5.74, 6) is 0. The second-order valence-corrected chi connectivity index (χ2v) is 4.07. The van der Waals surface area contributed by atoms with Crippen molar-refractivity contribution in [2.45, 2.75) is 13.3 Å². The minimum absolute atomic E-state index is 1.02. The van der Waals surface area contributed by atoms with Crippen molar-refractivity contribution in [1.82, 2.24) is 9.78 Å². The highest BCUT2D eigenvalue weighted by Gasteiger charge is 2.04. The van der Waals surface area contributed by atoms with Crippen molar-refractivity contribution in [3.8, 4) is 0 Å². The van der Waals surface area contributed by atoms with Gasteiger partial charge in [0.2, 0.25) is 0 Å². The topological polar surface area (TPSA) is 17.8 Å². The van der Waals surface area contributed by atoms with E-state index in [2.05, 4.69) is 40.1 Å². The van der Waals surface area contributed by atoms with Gasteiger partial charge in [-0.25, -0.2) is 0 Å². The van der Waals surface area contributed by atoms with E-state index in [1.165, 1.54) is 10.9 Å². The maximum absolute atomic E-state index is 4.42. The van der Waals surface area contributed by atoms with Crippen molar-refractivity contribution in [3.63, 3.8) is 0 Å². The molecule has 1 aromatic heterocycles. The normalized spacial score (nSPS) is 11.0. The number of hydrogen-bond donors (Lipinski definition) is 0. The molecule has 1 aromatic carbocycles. The Bertz CT molecular complexity index is 445. The smallest absolute Gasteiger partial charge is 0.0955 e. The highest BCUT2D eigenvalue weighted by atomic mass is 79.9. The Hall–Kier alpha value is -0.830. The van der Waals surface area contributed by atoms with Gasteiger partial charge in [0.05, 0.1) is 5.52 Å². The van der Waals surface area contributed by atoms with Gasteiger partial charge in [0.25, 0.3) is 0 Å². The van der Waals surface area contributed by atoms with Crippen LogP contribution >= 0.6 is 15.9 Å². The highest BCUT2D eigenvalue weighted by molar-refractivity contribution is 9.10. The van der Waals surface area contributed by atoms with Crippen molar-refractivity contribution in [1.29, 1.82) is 0 Å². The molecule has 0 aliphatic heterocycles. The lowest BCUT2D eigenvalue weighted by atomic mass is 10.1. The van der Waals surface area contributed by atoms with Crippen LogP contribution in [0.1, 0.15) is 12.5 Å². The van der Waals surface area contributed by atoms with E-state index >= 15 is 0 Å². The Morgan fingerprint density at radius 1 is 1.46 bits per heavy atom. The largest absolute Gasteiger partial charge is 0.275 e. The van der Waals surface area contributed by atoms with Crippen molar-refractivity contribution >= 4 is 26.8 Å². The van der Waals surface area contributed by atoms with Crippen LogP contribution in [0.15, 0.2) is 22.8 Å². The molecule has 68 valence electrons. The fraction of sp³-hybridized carbons (Fsp3) is 0.300. The van der Waals surface area contributed by atoms with Gasteiger partial charge in [0.1, 0.15) is 0 Å². The fourth-order valence-electron chi connectivity index (χ4n) is 1.56. The Morgan fingerprint density at radius 3 is 2.92 bits per heavy atom. The van der Waals surface area contributed by atoms with Crippen molar-refractivity contribution in [2.75, 3.05) is 0 Å². The van der Waals surface area contributed by atoms with Crippen LogP contribution < -0.4 is 0 Å². The minimum atomic E-state index is 1.02. The third kappa shape index (κ3) is 1.48. The fourth-order valence-corrected chi connectivity index (χ4v) is 2.08. The molecule has 0 saturated heterocycles. The molecule has 1 heterocycles. The zero-order valence-corrected chi connectivity index (χ0v) is 9.30. The first-order chi connectivity index (χ1) is 6.20. The van der Waals surface area contributed by atoms with Gasteiger partial charge in [-0.1, -0.05) is 22.9 Å². The number of fused-ring (bicyclic) bond motifs is 1. The zero-order valence-electron chi connectivity index (χ0n) is 7.71. The Labute approximate surface area is 85.7 Å². The van der Waals surface area contributed by atoms with E-state index in [0.29, 0.717) is 0 Å². The predicted octanol–water partition coefficient (Wildman–Crippen LogP) is 2.90. The lowest BCUT2D eigenvalue weighted by molar-refractivity contribution is 0.778. The van der Waals surface area contributed by atoms with Gasteiger partial charge in [-0.3, -0.25) is 4.68 Å². The maximum atomic E-state index is 4.42. The van der Waals surface area contributed by atoms with E-state index in [1.54, 1.807) is 0 Å². The summed E-state index contributed by atoms with van der Waals surface area (Å²) in [6.45, 7) is 2.15. The minimum Gasteiger partial charge on any atom is -0.275 e. The number of aromatic nitrogens is 2. The molecule has 0 aliphatic rings. The van der Waals surface area contributed by atoms with Crippen LogP contribution in [0.25, 0.3) is 10.9 Å². The van der Waals surface area contributed by atoms with Crippen molar-refractivity contribution < 1.29 is 0 Å². The molecule has 3 heteroatoms. The highest BCUT2D eigenvalue weighted by Crippen LogP contribution is 2.23. The van der Waals surface area contributed by atoms with Gasteiger partial charge < -0.3 is 0 Å². The molecule has 13 heavy (non-hydrogen) atoms. The molecular weight excluding hydrogens is 228 g/mol. The Balaban J connectivity index is 2.80. The number of benzene rings is 1. The second-order valence-electron chi connectivity index (χ2n) is 3.16. The summed E-state index contributed by atoms with van der Waals surface area (Å²) in [5.41, 5.74) is 2.41. The number of nitrogens with zero attached hydrogens (tertiary/aromatic N) is 2. The first-order valence-corrected chi connectivity index (χ1v) is 5.12. The standard InChI is InChI=1S/C10H11BrN2/c1-3-7-4-9(11)5-8-6-13(2)12-10(7)8/h4-6H,3H2,1-2H3. The molecule has 0 atom stereocenters. The number of hydrogen-bond acceptors (Lipinski definition) is 1. The lowest BCUT2D eigenvalue weighted by Gasteiger charge is -1.98. The molecule has 2 rings (SSSR count). The van der Waals surface area contributed by atoms with Gasteiger partial charge in [-0.05, 0) is 24.1 Å². The monoisotopic (exact) mass is 238 g/mol. The molecule has 0 saturated carbocycles. The summed E-state index contributed by atoms with van der Waals surface area (Å²) in [6.07, 6.45) is 3.06. The molecule has 0 N–H and O–H groups in total. The molecule has 0 aliphatic carbocycles.